The Hall–Kier alpha value is -0.0900. The summed E-state index contributed by atoms with van der Waals surface area (Å²) in [7, 11) is 0. The van der Waals surface area contributed by atoms with Crippen molar-refractivity contribution >= 4 is 22.6 Å². The first-order valence-corrected chi connectivity index (χ1v) is 10.4. The molecule has 2 fully saturated rings. The Morgan fingerprint density at radius 3 is 2.73 bits per heavy atom. The van der Waals surface area contributed by atoms with Gasteiger partial charge in [-0.05, 0) is 54.4 Å². The highest BCUT2D eigenvalue weighted by Crippen LogP contribution is 2.58. The van der Waals surface area contributed by atoms with Crippen LogP contribution in [0.1, 0.15) is 51.5 Å². The van der Waals surface area contributed by atoms with Crippen LogP contribution in [0.3, 0.4) is 0 Å². The van der Waals surface area contributed by atoms with Gasteiger partial charge >= 0.3 is 0 Å². The van der Waals surface area contributed by atoms with Crippen LogP contribution in [0.4, 0.5) is 0 Å². The van der Waals surface area contributed by atoms with Crippen molar-refractivity contribution in [2.24, 2.45) is 23.2 Å². The zero-order chi connectivity index (χ0) is 15.6. The van der Waals surface area contributed by atoms with Gasteiger partial charge in [-0.1, -0.05) is 73.2 Å². The molecule has 2 saturated carbocycles. The molecule has 2 aliphatic carbocycles. The largest absolute Gasteiger partial charge is 0.373 e. The number of benzene rings is 1. The fourth-order valence-corrected chi connectivity index (χ4v) is 5.79. The summed E-state index contributed by atoms with van der Waals surface area (Å²) in [4.78, 5) is 0. The monoisotopic (exact) mass is 412 g/mol. The lowest BCUT2D eigenvalue weighted by atomic mass is 9.62. The van der Waals surface area contributed by atoms with E-state index in [1.165, 1.54) is 42.1 Å². The van der Waals surface area contributed by atoms with Crippen LogP contribution in [-0.4, -0.2) is 10.5 Å². The normalized spacial score (nSPS) is 36.0. The quantitative estimate of drug-likeness (QED) is 0.435. The van der Waals surface area contributed by atoms with Crippen molar-refractivity contribution in [1.29, 1.82) is 0 Å². The van der Waals surface area contributed by atoms with E-state index >= 15 is 0 Å². The maximum Gasteiger partial charge on any atom is 0.0720 e. The maximum absolute atomic E-state index is 6.41. The molecule has 0 spiro atoms. The van der Waals surface area contributed by atoms with Crippen molar-refractivity contribution in [3.8, 4) is 0 Å². The molecule has 2 heteroatoms. The van der Waals surface area contributed by atoms with Gasteiger partial charge in [0.25, 0.3) is 0 Å². The van der Waals surface area contributed by atoms with Crippen LogP contribution < -0.4 is 0 Å². The Kier molecular flexibility index (Phi) is 5.49. The van der Waals surface area contributed by atoms with Gasteiger partial charge < -0.3 is 4.74 Å². The summed E-state index contributed by atoms with van der Waals surface area (Å²) < 4.78 is 7.70. The van der Waals surface area contributed by atoms with Crippen LogP contribution in [0.5, 0.6) is 0 Å². The van der Waals surface area contributed by atoms with Gasteiger partial charge in [0, 0.05) is 4.43 Å². The molecule has 0 bridgehead atoms. The van der Waals surface area contributed by atoms with Crippen LogP contribution in [0.15, 0.2) is 30.3 Å². The van der Waals surface area contributed by atoms with Crippen molar-refractivity contribution in [3.05, 3.63) is 35.9 Å². The average molecular weight is 412 g/mol. The Bertz CT molecular complexity index is 474. The highest BCUT2D eigenvalue weighted by atomic mass is 127. The van der Waals surface area contributed by atoms with E-state index in [0.29, 0.717) is 11.5 Å². The SMILES string of the molecule is C[C@H](CI)[C@H]1CC[C@H]2[C@@H](OCc3ccccc3)CCC[C@]12C. The van der Waals surface area contributed by atoms with E-state index in [9.17, 15) is 0 Å². The van der Waals surface area contributed by atoms with E-state index in [1.54, 1.807) is 0 Å². The lowest BCUT2D eigenvalue weighted by Gasteiger charge is -2.46. The molecule has 5 atom stereocenters. The minimum absolute atomic E-state index is 0.477. The molecular formula is C20H29IO. The Balaban J connectivity index is 1.67. The minimum Gasteiger partial charge on any atom is -0.373 e. The molecule has 0 aliphatic heterocycles. The average Bonchev–Trinajstić information content (AvgIpc) is 2.90. The summed E-state index contributed by atoms with van der Waals surface area (Å²) in [6, 6.07) is 10.7. The molecule has 122 valence electrons. The molecule has 22 heavy (non-hydrogen) atoms. The van der Waals surface area contributed by atoms with E-state index in [2.05, 4.69) is 66.8 Å². The van der Waals surface area contributed by atoms with Gasteiger partial charge in [0.1, 0.15) is 0 Å². The van der Waals surface area contributed by atoms with Crippen LogP contribution in [0.2, 0.25) is 0 Å². The van der Waals surface area contributed by atoms with Crippen molar-refractivity contribution < 1.29 is 4.74 Å². The molecule has 0 saturated heterocycles. The highest BCUT2D eigenvalue weighted by molar-refractivity contribution is 14.1. The molecule has 2 aliphatic rings. The van der Waals surface area contributed by atoms with E-state index in [-0.39, 0.29) is 0 Å². The van der Waals surface area contributed by atoms with Gasteiger partial charge in [0.05, 0.1) is 12.7 Å². The van der Waals surface area contributed by atoms with Gasteiger partial charge in [-0.2, -0.15) is 0 Å². The molecule has 0 radical (unpaired) electrons. The molecule has 1 aromatic rings. The van der Waals surface area contributed by atoms with E-state index in [4.69, 9.17) is 4.74 Å². The second-order valence-electron chi connectivity index (χ2n) is 7.66. The first kappa shape index (κ1) is 16.8. The first-order chi connectivity index (χ1) is 10.6. The Morgan fingerprint density at radius 2 is 2.00 bits per heavy atom. The van der Waals surface area contributed by atoms with Gasteiger partial charge in [-0.3, -0.25) is 0 Å². The molecule has 0 heterocycles. The van der Waals surface area contributed by atoms with Gasteiger partial charge in [-0.25, -0.2) is 0 Å². The molecule has 0 aromatic heterocycles. The standard InChI is InChI=1S/C20H29IO/c1-15(13-21)17-10-11-18-19(9-6-12-20(17,18)2)22-14-16-7-4-3-5-8-16/h3-5,7-8,15,17-19H,6,9-14H2,1-2H3/t15-,17-,18+,19+,20-/m1/s1. The second-order valence-corrected chi connectivity index (χ2v) is 8.54. The third-order valence-electron chi connectivity index (χ3n) is 6.37. The molecule has 1 aromatic carbocycles. The number of halogens is 1. The number of ether oxygens (including phenoxy) is 1. The van der Waals surface area contributed by atoms with Gasteiger partial charge in [0.2, 0.25) is 0 Å². The summed E-state index contributed by atoms with van der Waals surface area (Å²) >= 11 is 2.57. The van der Waals surface area contributed by atoms with Crippen LogP contribution in [-0.2, 0) is 11.3 Å². The van der Waals surface area contributed by atoms with Gasteiger partial charge in [-0.15, -0.1) is 0 Å². The van der Waals surface area contributed by atoms with E-state index < -0.39 is 0 Å². The highest BCUT2D eigenvalue weighted by Gasteiger charge is 2.52. The number of hydrogen-bond acceptors (Lipinski definition) is 1. The fraction of sp³-hybridized carbons (Fsp3) is 0.700. The molecule has 0 N–H and O–H groups in total. The predicted octanol–water partition coefficient (Wildman–Crippen LogP) is 5.86. The fourth-order valence-electron chi connectivity index (χ4n) is 5.18. The zero-order valence-corrected chi connectivity index (χ0v) is 16.1. The van der Waals surface area contributed by atoms with Crippen LogP contribution >= 0.6 is 22.6 Å². The summed E-state index contributed by atoms with van der Waals surface area (Å²) in [6.45, 7) is 5.81. The van der Waals surface area contributed by atoms with E-state index in [1.807, 2.05) is 0 Å². The summed E-state index contributed by atoms with van der Waals surface area (Å²) in [6.07, 6.45) is 7.28. The van der Waals surface area contributed by atoms with Crippen molar-refractivity contribution in [2.75, 3.05) is 4.43 Å². The smallest absolute Gasteiger partial charge is 0.0720 e. The first-order valence-electron chi connectivity index (χ1n) is 8.86. The molecule has 0 amide bonds. The number of rotatable bonds is 5. The molecule has 3 rings (SSSR count). The summed E-state index contributed by atoms with van der Waals surface area (Å²) in [5.41, 5.74) is 1.83. The number of hydrogen-bond donors (Lipinski definition) is 0. The summed E-state index contributed by atoms with van der Waals surface area (Å²) in [5, 5.41) is 0. The van der Waals surface area contributed by atoms with Crippen molar-refractivity contribution in [3.63, 3.8) is 0 Å². The van der Waals surface area contributed by atoms with Crippen LogP contribution in [0, 0.1) is 23.2 Å². The molecule has 1 nitrogen and oxygen atoms in total. The number of alkyl halides is 1. The van der Waals surface area contributed by atoms with Crippen molar-refractivity contribution in [1.82, 2.24) is 0 Å². The lowest BCUT2D eigenvalue weighted by Crippen LogP contribution is -2.42. The van der Waals surface area contributed by atoms with Crippen LogP contribution in [0.25, 0.3) is 0 Å². The zero-order valence-electron chi connectivity index (χ0n) is 13.9. The Morgan fingerprint density at radius 1 is 1.23 bits per heavy atom. The predicted molar refractivity (Wildman–Crippen MR) is 101 cm³/mol. The maximum atomic E-state index is 6.41. The van der Waals surface area contributed by atoms with Gasteiger partial charge in [0.15, 0.2) is 0 Å². The van der Waals surface area contributed by atoms with Crippen molar-refractivity contribution in [2.45, 2.75) is 58.7 Å². The molecular weight excluding hydrogens is 383 g/mol. The summed E-state index contributed by atoms with van der Waals surface area (Å²) in [5.74, 6) is 2.53. The second kappa shape index (κ2) is 7.21. The molecule has 0 unspecified atom stereocenters. The Labute approximate surface area is 149 Å². The minimum atomic E-state index is 0.477. The topological polar surface area (TPSA) is 9.23 Å². The third-order valence-corrected chi connectivity index (χ3v) is 7.76. The number of fused-ring (bicyclic) bond motifs is 1. The lowest BCUT2D eigenvalue weighted by molar-refractivity contribution is -0.0750. The third kappa shape index (κ3) is 3.24. The van der Waals surface area contributed by atoms with E-state index in [0.717, 1.165) is 24.4 Å².